The van der Waals surface area contributed by atoms with Gasteiger partial charge in [-0.15, -0.1) is 11.3 Å². The normalized spacial score (nSPS) is 10.9. The molecule has 1 rings (SSSR count). The Morgan fingerprint density at radius 2 is 2.24 bits per heavy atom. The average molecular weight is 257 g/mol. The zero-order chi connectivity index (χ0) is 12.9. The van der Waals surface area contributed by atoms with Crippen molar-refractivity contribution in [2.45, 2.75) is 25.8 Å². The zero-order valence-electron chi connectivity index (χ0n) is 9.69. The number of carbonyl (C=O) groups excluding carboxylic acids is 1. The molecule has 3 N–H and O–H groups in total. The molecule has 1 aromatic rings. The number of rotatable bonds is 5. The van der Waals surface area contributed by atoms with Gasteiger partial charge in [-0.3, -0.25) is 0 Å². The third-order valence-electron chi connectivity index (χ3n) is 2.07. The van der Waals surface area contributed by atoms with Crippen LogP contribution in [-0.4, -0.2) is 34.2 Å². The summed E-state index contributed by atoms with van der Waals surface area (Å²) < 4.78 is 0. The lowest BCUT2D eigenvalue weighted by molar-refractivity contribution is -0.142. The molecule has 94 valence electrons. The van der Waals surface area contributed by atoms with Gasteiger partial charge >= 0.3 is 12.0 Å². The first-order valence-electron chi connectivity index (χ1n) is 5.09. The van der Waals surface area contributed by atoms with Crippen molar-refractivity contribution < 1.29 is 14.7 Å². The van der Waals surface area contributed by atoms with Crippen LogP contribution in [-0.2, 0) is 11.2 Å². The number of aromatic nitrogens is 1. The van der Waals surface area contributed by atoms with E-state index < -0.39 is 17.5 Å². The minimum atomic E-state index is -1.27. The fourth-order valence-electron chi connectivity index (χ4n) is 1.04. The molecule has 0 aliphatic heterocycles. The van der Waals surface area contributed by atoms with Gasteiger partial charge in [-0.2, -0.15) is 0 Å². The van der Waals surface area contributed by atoms with Gasteiger partial charge in [0.2, 0.25) is 0 Å². The Kier molecular flexibility index (Phi) is 4.45. The summed E-state index contributed by atoms with van der Waals surface area (Å²) in [6, 6.07) is -0.492. The molecule has 0 spiro atoms. The minimum absolute atomic E-state index is 0.426. The molecule has 7 heteroatoms. The molecule has 0 saturated carbocycles. The number of hydrogen-bond acceptors (Lipinski definition) is 4. The molecule has 0 atom stereocenters. The fourth-order valence-corrected chi connectivity index (χ4v) is 1.66. The molecule has 0 aromatic carbocycles. The molecule has 0 radical (unpaired) electrons. The van der Waals surface area contributed by atoms with Crippen molar-refractivity contribution in [3.05, 3.63) is 16.6 Å². The number of carbonyl (C=O) groups is 2. The molecule has 1 aromatic heterocycles. The third-order valence-corrected chi connectivity index (χ3v) is 2.91. The Bertz CT molecular complexity index is 390. The van der Waals surface area contributed by atoms with Crippen LogP contribution < -0.4 is 10.6 Å². The van der Waals surface area contributed by atoms with E-state index in [-0.39, 0.29) is 0 Å². The Hall–Kier alpha value is -1.63. The van der Waals surface area contributed by atoms with Gasteiger partial charge in [-0.25, -0.2) is 14.6 Å². The van der Waals surface area contributed by atoms with Crippen LogP contribution in [0, 0.1) is 0 Å². The molecular formula is C10H15N3O3S. The predicted octanol–water partition coefficient (Wildman–Crippen LogP) is 0.848. The summed E-state index contributed by atoms with van der Waals surface area (Å²) in [7, 11) is 0. The molecule has 17 heavy (non-hydrogen) atoms. The number of hydrogen-bond donors (Lipinski definition) is 3. The number of nitrogens with zero attached hydrogens (tertiary/aromatic N) is 1. The molecule has 0 unspecified atom stereocenters. The lowest BCUT2D eigenvalue weighted by Gasteiger charge is -2.21. The first-order valence-corrected chi connectivity index (χ1v) is 5.97. The van der Waals surface area contributed by atoms with Crippen LogP contribution >= 0.6 is 11.3 Å². The molecule has 0 aliphatic carbocycles. The van der Waals surface area contributed by atoms with Crippen LogP contribution in [0.25, 0.3) is 0 Å². The largest absolute Gasteiger partial charge is 0.480 e. The Balaban J connectivity index is 2.28. The van der Waals surface area contributed by atoms with E-state index in [2.05, 4.69) is 15.6 Å². The van der Waals surface area contributed by atoms with Gasteiger partial charge < -0.3 is 15.7 Å². The van der Waals surface area contributed by atoms with Crippen LogP contribution in [0.4, 0.5) is 4.79 Å². The van der Waals surface area contributed by atoms with Crippen molar-refractivity contribution in [2.24, 2.45) is 0 Å². The van der Waals surface area contributed by atoms with Crippen molar-refractivity contribution in [3.8, 4) is 0 Å². The standard InChI is InChI=1S/C10H15N3O3S/c1-10(2,8(14)15)13-9(16)12-4-3-7-11-5-6-17-7/h5-6H,3-4H2,1-2H3,(H,14,15)(H2,12,13,16). The van der Waals surface area contributed by atoms with Gasteiger partial charge in [0.05, 0.1) is 5.01 Å². The summed E-state index contributed by atoms with van der Waals surface area (Å²) in [5, 5.41) is 16.6. The van der Waals surface area contributed by atoms with Crippen molar-refractivity contribution in [3.63, 3.8) is 0 Å². The van der Waals surface area contributed by atoms with Crippen LogP contribution in [0.5, 0.6) is 0 Å². The Labute approximate surface area is 103 Å². The van der Waals surface area contributed by atoms with Crippen LogP contribution in [0.15, 0.2) is 11.6 Å². The SMILES string of the molecule is CC(C)(NC(=O)NCCc1nccs1)C(=O)O. The average Bonchev–Trinajstić information content (AvgIpc) is 2.69. The van der Waals surface area contributed by atoms with Crippen molar-refractivity contribution in [1.29, 1.82) is 0 Å². The summed E-state index contributed by atoms with van der Waals surface area (Å²) in [5.74, 6) is -1.08. The lowest BCUT2D eigenvalue weighted by Crippen LogP contribution is -2.53. The highest BCUT2D eigenvalue weighted by Crippen LogP contribution is 2.04. The number of carboxylic acid groups (broad SMARTS) is 1. The minimum Gasteiger partial charge on any atom is -0.480 e. The van der Waals surface area contributed by atoms with Gasteiger partial charge in [-0.05, 0) is 13.8 Å². The van der Waals surface area contributed by atoms with Crippen LogP contribution in [0.2, 0.25) is 0 Å². The van der Waals surface area contributed by atoms with Crippen molar-refractivity contribution in [1.82, 2.24) is 15.6 Å². The van der Waals surface area contributed by atoms with E-state index in [0.29, 0.717) is 13.0 Å². The first kappa shape index (κ1) is 13.4. The number of amides is 2. The van der Waals surface area contributed by atoms with Gasteiger partial charge in [0, 0.05) is 24.5 Å². The van der Waals surface area contributed by atoms with Crippen LogP contribution in [0.3, 0.4) is 0 Å². The van der Waals surface area contributed by atoms with Crippen LogP contribution in [0.1, 0.15) is 18.9 Å². The van der Waals surface area contributed by atoms with E-state index in [1.54, 1.807) is 6.20 Å². The van der Waals surface area contributed by atoms with Gasteiger partial charge in [0.1, 0.15) is 5.54 Å². The highest BCUT2D eigenvalue weighted by molar-refractivity contribution is 7.09. The third kappa shape index (κ3) is 4.39. The second-order valence-corrected chi connectivity index (χ2v) is 4.97. The van der Waals surface area contributed by atoms with Gasteiger partial charge in [-0.1, -0.05) is 0 Å². The maximum Gasteiger partial charge on any atom is 0.328 e. The quantitative estimate of drug-likeness (QED) is 0.729. The summed E-state index contributed by atoms with van der Waals surface area (Å²) in [5.41, 5.74) is -1.27. The topological polar surface area (TPSA) is 91.3 Å². The lowest BCUT2D eigenvalue weighted by atomic mass is 10.1. The number of thiazole rings is 1. The number of urea groups is 1. The highest BCUT2D eigenvalue weighted by Gasteiger charge is 2.28. The van der Waals surface area contributed by atoms with E-state index in [4.69, 9.17) is 5.11 Å². The second-order valence-electron chi connectivity index (χ2n) is 3.99. The highest BCUT2D eigenvalue weighted by atomic mass is 32.1. The summed E-state index contributed by atoms with van der Waals surface area (Å²) in [4.78, 5) is 26.2. The number of nitrogens with one attached hydrogen (secondary N) is 2. The van der Waals surface area contributed by atoms with Gasteiger partial charge in [0.15, 0.2) is 0 Å². The molecule has 2 amide bonds. The maximum absolute atomic E-state index is 11.4. The first-order chi connectivity index (χ1) is 7.92. The molecule has 0 bridgehead atoms. The second kappa shape index (κ2) is 5.62. The summed E-state index contributed by atoms with van der Waals surface area (Å²) >= 11 is 1.52. The van der Waals surface area contributed by atoms with E-state index in [9.17, 15) is 9.59 Å². The van der Waals surface area contributed by atoms with E-state index in [1.807, 2.05) is 5.38 Å². The van der Waals surface area contributed by atoms with E-state index in [0.717, 1.165) is 5.01 Å². The maximum atomic E-state index is 11.4. The van der Waals surface area contributed by atoms with E-state index >= 15 is 0 Å². The smallest absolute Gasteiger partial charge is 0.328 e. The predicted molar refractivity (Wildman–Crippen MR) is 64.1 cm³/mol. The molecular weight excluding hydrogens is 242 g/mol. The number of carboxylic acids is 1. The monoisotopic (exact) mass is 257 g/mol. The molecule has 6 nitrogen and oxygen atoms in total. The molecule has 0 aliphatic rings. The zero-order valence-corrected chi connectivity index (χ0v) is 10.5. The molecule has 1 heterocycles. The molecule has 0 fully saturated rings. The summed E-state index contributed by atoms with van der Waals surface area (Å²) in [6.45, 7) is 3.28. The number of aliphatic carboxylic acids is 1. The summed E-state index contributed by atoms with van der Waals surface area (Å²) in [6.07, 6.45) is 2.34. The van der Waals surface area contributed by atoms with Crippen molar-refractivity contribution in [2.75, 3.05) is 6.54 Å². The van der Waals surface area contributed by atoms with Gasteiger partial charge in [0.25, 0.3) is 0 Å². The Morgan fingerprint density at radius 3 is 2.76 bits per heavy atom. The van der Waals surface area contributed by atoms with E-state index in [1.165, 1.54) is 25.2 Å². The Morgan fingerprint density at radius 1 is 1.53 bits per heavy atom. The molecule has 0 saturated heterocycles. The van der Waals surface area contributed by atoms with Crippen molar-refractivity contribution >= 4 is 23.3 Å². The fraction of sp³-hybridized carbons (Fsp3) is 0.500.